The zero-order valence-electron chi connectivity index (χ0n) is 10.7. The average Bonchev–Trinajstić information content (AvgIpc) is 2.81. The predicted octanol–water partition coefficient (Wildman–Crippen LogP) is 2.00. The molecule has 17 heavy (non-hydrogen) atoms. The van der Waals surface area contributed by atoms with E-state index in [0.717, 1.165) is 36.7 Å². The second-order valence-corrected chi connectivity index (χ2v) is 4.93. The molecule has 1 aliphatic rings. The van der Waals surface area contributed by atoms with E-state index >= 15 is 0 Å². The first-order chi connectivity index (χ1) is 8.20. The molecule has 0 saturated carbocycles. The molecule has 3 nitrogen and oxygen atoms in total. The number of nitrogens with two attached hydrogens (primary N) is 1. The Kier molecular flexibility index (Phi) is 4.02. The largest absolute Gasteiger partial charge is 0.496 e. The van der Waals surface area contributed by atoms with E-state index in [1.54, 1.807) is 7.11 Å². The molecule has 1 aromatic rings. The lowest BCUT2D eigenvalue weighted by atomic mass is 9.94. The molecule has 1 aliphatic heterocycles. The highest BCUT2D eigenvalue weighted by Gasteiger charge is 2.18. The topological polar surface area (TPSA) is 47.3 Å². The van der Waals surface area contributed by atoms with E-state index < -0.39 is 0 Å². The lowest BCUT2D eigenvalue weighted by molar-refractivity contribution is 0.411. The Hall–Kier alpha value is -1.06. The lowest BCUT2D eigenvalue weighted by Crippen LogP contribution is -2.17. The Morgan fingerprint density at radius 2 is 2.35 bits per heavy atom. The first-order valence-corrected chi connectivity index (χ1v) is 6.31. The van der Waals surface area contributed by atoms with Crippen LogP contribution in [0, 0.1) is 12.8 Å². The van der Waals surface area contributed by atoms with Gasteiger partial charge in [0.2, 0.25) is 0 Å². The van der Waals surface area contributed by atoms with Gasteiger partial charge in [0.15, 0.2) is 0 Å². The number of methoxy groups -OCH3 is 1. The molecule has 2 unspecified atom stereocenters. The van der Waals surface area contributed by atoms with Gasteiger partial charge < -0.3 is 15.8 Å². The lowest BCUT2D eigenvalue weighted by Gasteiger charge is -2.17. The number of aryl methyl sites for hydroxylation is 1. The standard InChI is InChI=1S/C14H22N2O/c1-10-7-12(3-4-14(10)17-2)13(15)8-11-5-6-16-9-11/h3-4,7,11,13,16H,5-6,8-9,15H2,1-2H3. The first kappa shape index (κ1) is 12.4. The van der Waals surface area contributed by atoms with Crippen molar-refractivity contribution in [2.45, 2.75) is 25.8 Å². The molecule has 3 heteroatoms. The van der Waals surface area contributed by atoms with Crippen LogP contribution in [0.5, 0.6) is 5.75 Å². The van der Waals surface area contributed by atoms with Crippen molar-refractivity contribution in [3.63, 3.8) is 0 Å². The minimum Gasteiger partial charge on any atom is -0.496 e. The van der Waals surface area contributed by atoms with Gasteiger partial charge in [0, 0.05) is 6.04 Å². The van der Waals surface area contributed by atoms with Crippen molar-refractivity contribution in [3.05, 3.63) is 29.3 Å². The third-order valence-corrected chi connectivity index (χ3v) is 3.60. The quantitative estimate of drug-likeness (QED) is 0.837. The third-order valence-electron chi connectivity index (χ3n) is 3.60. The Balaban J connectivity index is 2.02. The van der Waals surface area contributed by atoms with E-state index in [2.05, 4.69) is 24.4 Å². The van der Waals surface area contributed by atoms with Gasteiger partial charge in [-0.3, -0.25) is 0 Å². The molecule has 1 heterocycles. The first-order valence-electron chi connectivity index (χ1n) is 6.31. The van der Waals surface area contributed by atoms with Crippen LogP contribution in [0.25, 0.3) is 0 Å². The van der Waals surface area contributed by atoms with E-state index in [0.29, 0.717) is 0 Å². The van der Waals surface area contributed by atoms with Crippen LogP contribution in [-0.4, -0.2) is 20.2 Å². The Bertz CT molecular complexity index is 372. The van der Waals surface area contributed by atoms with Gasteiger partial charge >= 0.3 is 0 Å². The van der Waals surface area contributed by atoms with Crippen molar-refractivity contribution in [2.75, 3.05) is 20.2 Å². The van der Waals surface area contributed by atoms with Gasteiger partial charge in [0.05, 0.1) is 7.11 Å². The van der Waals surface area contributed by atoms with Crippen LogP contribution in [0.1, 0.15) is 30.0 Å². The van der Waals surface area contributed by atoms with Gasteiger partial charge in [-0.25, -0.2) is 0 Å². The Labute approximate surface area is 103 Å². The number of ether oxygens (including phenoxy) is 1. The minimum absolute atomic E-state index is 0.143. The van der Waals surface area contributed by atoms with Crippen molar-refractivity contribution in [1.82, 2.24) is 5.32 Å². The number of benzene rings is 1. The van der Waals surface area contributed by atoms with Gasteiger partial charge in [-0.05, 0) is 56.0 Å². The molecule has 2 rings (SSSR count). The molecule has 0 bridgehead atoms. The number of hydrogen-bond acceptors (Lipinski definition) is 3. The summed E-state index contributed by atoms with van der Waals surface area (Å²) in [6.07, 6.45) is 2.32. The molecule has 0 aromatic heterocycles. The third kappa shape index (κ3) is 2.99. The summed E-state index contributed by atoms with van der Waals surface area (Å²) in [6, 6.07) is 6.38. The monoisotopic (exact) mass is 234 g/mol. The summed E-state index contributed by atoms with van der Waals surface area (Å²) in [5.74, 6) is 1.66. The van der Waals surface area contributed by atoms with Crippen LogP contribution in [0.2, 0.25) is 0 Å². The molecule has 0 amide bonds. The number of hydrogen-bond donors (Lipinski definition) is 2. The summed E-state index contributed by atoms with van der Waals surface area (Å²) in [5.41, 5.74) is 8.64. The van der Waals surface area contributed by atoms with E-state index in [1.807, 2.05) is 6.07 Å². The van der Waals surface area contributed by atoms with Crippen LogP contribution < -0.4 is 15.8 Å². The fourth-order valence-corrected chi connectivity index (χ4v) is 2.54. The average molecular weight is 234 g/mol. The molecule has 3 N–H and O–H groups in total. The van der Waals surface area contributed by atoms with Crippen LogP contribution in [-0.2, 0) is 0 Å². The smallest absolute Gasteiger partial charge is 0.121 e. The zero-order valence-corrected chi connectivity index (χ0v) is 10.7. The molecular formula is C14H22N2O. The minimum atomic E-state index is 0.143. The fraction of sp³-hybridized carbons (Fsp3) is 0.571. The van der Waals surface area contributed by atoms with Gasteiger partial charge in [-0.15, -0.1) is 0 Å². The fourth-order valence-electron chi connectivity index (χ4n) is 2.54. The Morgan fingerprint density at radius 3 is 2.94 bits per heavy atom. The van der Waals surface area contributed by atoms with E-state index in [1.165, 1.54) is 12.0 Å². The van der Waals surface area contributed by atoms with Gasteiger partial charge in [-0.2, -0.15) is 0 Å². The summed E-state index contributed by atoms with van der Waals surface area (Å²) in [7, 11) is 1.70. The van der Waals surface area contributed by atoms with Crippen LogP contribution in [0.3, 0.4) is 0 Å². The summed E-state index contributed by atoms with van der Waals surface area (Å²) in [4.78, 5) is 0. The highest BCUT2D eigenvalue weighted by molar-refractivity contribution is 5.37. The van der Waals surface area contributed by atoms with Gasteiger partial charge in [0.25, 0.3) is 0 Å². The summed E-state index contributed by atoms with van der Waals surface area (Å²) < 4.78 is 5.26. The molecule has 1 fully saturated rings. The van der Waals surface area contributed by atoms with Crippen molar-refractivity contribution in [1.29, 1.82) is 0 Å². The molecular weight excluding hydrogens is 212 g/mol. The predicted molar refractivity (Wildman–Crippen MR) is 70.3 cm³/mol. The van der Waals surface area contributed by atoms with E-state index in [4.69, 9.17) is 10.5 Å². The number of nitrogens with one attached hydrogen (secondary N) is 1. The second kappa shape index (κ2) is 5.52. The van der Waals surface area contributed by atoms with Crippen LogP contribution >= 0.6 is 0 Å². The van der Waals surface area contributed by atoms with Crippen molar-refractivity contribution >= 4 is 0 Å². The molecule has 0 aliphatic carbocycles. The highest BCUT2D eigenvalue weighted by Crippen LogP contribution is 2.26. The van der Waals surface area contributed by atoms with Gasteiger partial charge in [0.1, 0.15) is 5.75 Å². The number of rotatable bonds is 4. The molecule has 1 aromatic carbocycles. The molecule has 0 radical (unpaired) electrons. The maximum atomic E-state index is 6.27. The zero-order chi connectivity index (χ0) is 12.3. The van der Waals surface area contributed by atoms with Crippen LogP contribution in [0.4, 0.5) is 0 Å². The maximum Gasteiger partial charge on any atom is 0.121 e. The Morgan fingerprint density at radius 1 is 1.53 bits per heavy atom. The van der Waals surface area contributed by atoms with Gasteiger partial charge in [-0.1, -0.05) is 12.1 Å². The summed E-state index contributed by atoms with van der Waals surface area (Å²) in [5, 5.41) is 3.38. The summed E-state index contributed by atoms with van der Waals surface area (Å²) in [6.45, 7) is 4.31. The molecule has 2 atom stereocenters. The molecule has 1 saturated heterocycles. The second-order valence-electron chi connectivity index (χ2n) is 4.93. The summed E-state index contributed by atoms with van der Waals surface area (Å²) >= 11 is 0. The SMILES string of the molecule is COc1ccc(C(N)CC2CCNC2)cc1C. The normalized spacial score (nSPS) is 21.5. The molecule has 94 valence electrons. The van der Waals surface area contributed by atoms with Crippen molar-refractivity contribution in [3.8, 4) is 5.75 Å². The van der Waals surface area contributed by atoms with E-state index in [-0.39, 0.29) is 6.04 Å². The van der Waals surface area contributed by atoms with E-state index in [9.17, 15) is 0 Å². The maximum absolute atomic E-state index is 6.27. The van der Waals surface area contributed by atoms with Crippen LogP contribution in [0.15, 0.2) is 18.2 Å². The highest BCUT2D eigenvalue weighted by atomic mass is 16.5. The molecule has 0 spiro atoms. The van der Waals surface area contributed by atoms with Crippen molar-refractivity contribution < 1.29 is 4.74 Å². The van der Waals surface area contributed by atoms with Crippen molar-refractivity contribution in [2.24, 2.45) is 11.7 Å².